The molecule has 2 aromatic carbocycles. The van der Waals surface area contributed by atoms with Gasteiger partial charge in [-0.1, -0.05) is 36.4 Å². The molecule has 0 spiro atoms. The molecule has 1 saturated heterocycles. The number of nitrogens with one attached hydrogen (secondary N) is 2. The van der Waals surface area contributed by atoms with Crippen molar-refractivity contribution in [3.8, 4) is 17.2 Å². The Kier molecular flexibility index (Phi) is 6.92. The third kappa shape index (κ3) is 5.04. The minimum Gasteiger partial charge on any atom is -0.493 e. The van der Waals surface area contributed by atoms with Gasteiger partial charge in [0.05, 0.1) is 20.3 Å². The highest BCUT2D eigenvalue weighted by Gasteiger charge is 2.23. The van der Waals surface area contributed by atoms with E-state index in [1.165, 1.54) is 0 Å². The van der Waals surface area contributed by atoms with E-state index in [1.807, 2.05) is 54.6 Å². The highest BCUT2D eigenvalue weighted by molar-refractivity contribution is 5.83. The molecule has 0 radical (unpaired) electrons. The smallest absolute Gasteiger partial charge is 0.237 e. The van der Waals surface area contributed by atoms with Crippen molar-refractivity contribution in [3.05, 3.63) is 59.7 Å². The summed E-state index contributed by atoms with van der Waals surface area (Å²) in [7, 11) is 3.20. The Morgan fingerprint density at radius 2 is 1.86 bits per heavy atom. The Morgan fingerprint density at radius 3 is 2.46 bits per heavy atom. The number of carbonyl (C=O) groups is 1. The van der Waals surface area contributed by atoms with Crippen molar-refractivity contribution in [2.75, 3.05) is 27.4 Å². The van der Waals surface area contributed by atoms with E-state index in [1.54, 1.807) is 14.2 Å². The van der Waals surface area contributed by atoms with E-state index in [0.29, 0.717) is 36.9 Å². The molecule has 1 unspecified atom stereocenters. The lowest BCUT2D eigenvalue weighted by Gasteiger charge is -2.16. The van der Waals surface area contributed by atoms with Crippen molar-refractivity contribution >= 4 is 12.0 Å². The second-order valence-electron chi connectivity index (χ2n) is 6.47. The first-order valence-electron chi connectivity index (χ1n) is 9.31. The maximum Gasteiger partial charge on any atom is 0.237 e. The van der Waals surface area contributed by atoms with Gasteiger partial charge in [-0.05, 0) is 35.8 Å². The lowest BCUT2D eigenvalue weighted by Crippen LogP contribution is -2.35. The van der Waals surface area contributed by atoms with Crippen molar-refractivity contribution in [1.82, 2.24) is 10.6 Å². The minimum absolute atomic E-state index is 0.0455. The number of rotatable bonds is 9. The van der Waals surface area contributed by atoms with Crippen LogP contribution in [-0.2, 0) is 11.3 Å². The van der Waals surface area contributed by atoms with Gasteiger partial charge in [0.15, 0.2) is 11.5 Å². The molecule has 0 saturated carbocycles. The molecule has 1 aliphatic heterocycles. The third-order valence-corrected chi connectivity index (χ3v) is 4.56. The average Bonchev–Trinajstić information content (AvgIpc) is 3.15. The summed E-state index contributed by atoms with van der Waals surface area (Å²) in [5.41, 5.74) is 2.07. The summed E-state index contributed by atoms with van der Waals surface area (Å²) < 4.78 is 16.9. The minimum atomic E-state index is -0.156. The predicted molar refractivity (Wildman–Crippen MR) is 109 cm³/mol. The van der Waals surface area contributed by atoms with E-state index in [2.05, 4.69) is 10.6 Å². The molecule has 0 bridgehead atoms. The zero-order chi connectivity index (χ0) is 19.8. The molecule has 2 N–H and O–H groups in total. The van der Waals surface area contributed by atoms with Crippen LogP contribution in [0.2, 0.25) is 0 Å². The zero-order valence-corrected chi connectivity index (χ0v) is 16.2. The molecule has 6 heteroatoms. The SMILES string of the molecule is COc1cc(CNC2CCNC2=O)cc(OC)c1OCC=Cc1ccccc1. The Balaban J connectivity index is 1.66. The lowest BCUT2D eigenvalue weighted by atomic mass is 10.1. The molecule has 1 fully saturated rings. The molecule has 1 atom stereocenters. The van der Waals surface area contributed by atoms with Crippen LogP contribution in [0, 0.1) is 0 Å². The van der Waals surface area contributed by atoms with Gasteiger partial charge in [0.25, 0.3) is 0 Å². The first-order valence-corrected chi connectivity index (χ1v) is 9.31. The summed E-state index contributed by atoms with van der Waals surface area (Å²) >= 11 is 0. The first kappa shape index (κ1) is 19.8. The van der Waals surface area contributed by atoms with Crippen LogP contribution < -0.4 is 24.8 Å². The standard InChI is InChI=1S/C22H26N2O4/c1-26-19-13-17(15-24-18-10-11-23-22(18)25)14-20(27-2)21(19)28-12-6-9-16-7-4-3-5-8-16/h3-9,13-14,18,24H,10-12,15H2,1-2H3,(H,23,25). The molecular formula is C22H26N2O4. The fourth-order valence-electron chi connectivity index (χ4n) is 3.09. The molecule has 148 valence electrons. The van der Waals surface area contributed by atoms with Crippen molar-refractivity contribution in [2.45, 2.75) is 19.0 Å². The van der Waals surface area contributed by atoms with Gasteiger partial charge < -0.3 is 24.8 Å². The zero-order valence-electron chi connectivity index (χ0n) is 16.2. The number of hydrogen-bond donors (Lipinski definition) is 2. The van der Waals surface area contributed by atoms with Gasteiger partial charge >= 0.3 is 0 Å². The molecule has 1 aliphatic rings. The van der Waals surface area contributed by atoms with Crippen molar-refractivity contribution in [1.29, 1.82) is 0 Å². The second-order valence-corrected chi connectivity index (χ2v) is 6.47. The highest BCUT2D eigenvalue weighted by Crippen LogP contribution is 2.38. The first-order chi connectivity index (χ1) is 13.7. The topological polar surface area (TPSA) is 68.8 Å². The van der Waals surface area contributed by atoms with Crippen LogP contribution in [0.15, 0.2) is 48.5 Å². The van der Waals surface area contributed by atoms with E-state index < -0.39 is 0 Å². The van der Waals surface area contributed by atoms with Crippen LogP contribution in [0.25, 0.3) is 6.08 Å². The van der Waals surface area contributed by atoms with Crippen molar-refractivity contribution < 1.29 is 19.0 Å². The number of methoxy groups -OCH3 is 2. The van der Waals surface area contributed by atoms with Crippen molar-refractivity contribution in [3.63, 3.8) is 0 Å². The fourth-order valence-corrected chi connectivity index (χ4v) is 3.09. The van der Waals surface area contributed by atoms with Crippen LogP contribution in [-0.4, -0.2) is 39.3 Å². The van der Waals surface area contributed by atoms with Crippen LogP contribution in [0.1, 0.15) is 17.5 Å². The van der Waals surface area contributed by atoms with Gasteiger partial charge in [-0.2, -0.15) is 0 Å². The molecule has 0 aliphatic carbocycles. The van der Waals surface area contributed by atoms with Gasteiger partial charge in [-0.25, -0.2) is 0 Å². The van der Waals surface area contributed by atoms with E-state index in [9.17, 15) is 4.79 Å². The summed E-state index contributed by atoms with van der Waals surface area (Å²) in [6, 6.07) is 13.7. The van der Waals surface area contributed by atoms with E-state index >= 15 is 0 Å². The molecule has 28 heavy (non-hydrogen) atoms. The molecule has 3 rings (SSSR count). The molecule has 1 heterocycles. The number of carbonyl (C=O) groups excluding carboxylic acids is 1. The predicted octanol–water partition coefficient (Wildman–Crippen LogP) is 2.77. The second kappa shape index (κ2) is 9.80. The van der Waals surface area contributed by atoms with E-state index in [-0.39, 0.29) is 11.9 Å². The number of hydrogen-bond acceptors (Lipinski definition) is 5. The summed E-state index contributed by atoms with van der Waals surface area (Å²) in [4.78, 5) is 11.7. The molecule has 6 nitrogen and oxygen atoms in total. The Labute approximate surface area is 165 Å². The maximum absolute atomic E-state index is 11.7. The maximum atomic E-state index is 11.7. The highest BCUT2D eigenvalue weighted by atomic mass is 16.5. The fraction of sp³-hybridized carbons (Fsp3) is 0.318. The van der Waals surface area contributed by atoms with Crippen LogP contribution in [0.3, 0.4) is 0 Å². The van der Waals surface area contributed by atoms with Crippen LogP contribution in [0.4, 0.5) is 0 Å². The van der Waals surface area contributed by atoms with Gasteiger partial charge in [-0.3, -0.25) is 4.79 Å². The van der Waals surface area contributed by atoms with Crippen molar-refractivity contribution in [2.24, 2.45) is 0 Å². The number of amides is 1. The Bertz CT molecular complexity index is 796. The molecular weight excluding hydrogens is 356 g/mol. The summed E-state index contributed by atoms with van der Waals surface area (Å²) in [6.45, 7) is 1.65. The Morgan fingerprint density at radius 1 is 1.14 bits per heavy atom. The summed E-state index contributed by atoms with van der Waals surface area (Å²) in [5.74, 6) is 1.80. The van der Waals surface area contributed by atoms with Gasteiger partial charge in [0, 0.05) is 13.1 Å². The van der Waals surface area contributed by atoms with Gasteiger partial charge in [0.2, 0.25) is 11.7 Å². The number of benzene rings is 2. The quantitative estimate of drug-likeness (QED) is 0.698. The number of ether oxygens (including phenoxy) is 3. The van der Waals surface area contributed by atoms with E-state index in [4.69, 9.17) is 14.2 Å². The normalized spacial score (nSPS) is 16.2. The molecule has 0 aromatic heterocycles. The van der Waals surface area contributed by atoms with Gasteiger partial charge in [-0.15, -0.1) is 0 Å². The lowest BCUT2D eigenvalue weighted by molar-refractivity contribution is -0.120. The summed E-state index contributed by atoms with van der Waals surface area (Å²) in [6.07, 6.45) is 4.74. The van der Waals surface area contributed by atoms with E-state index in [0.717, 1.165) is 17.5 Å². The largest absolute Gasteiger partial charge is 0.493 e. The third-order valence-electron chi connectivity index (χ3n) is 4.56. The van der Waals surface area contributed by atoms with Crippen LogP contribution >= 0.6 is 0 Å². The molecule has 1 amide bonds. The summed E-state index contributed by atoms with van der Waals surface area (Å²) in [5, 5.41) is 6.09. The molecule has 2 aromatic rings. The monoisotopic (exact) mass is 382 g/mol. The van der Waals surface area contributed by atoms with Gasteiger partial charge in [0.1, 0.15) is 6.61 Å². The Hall–Kier alpha value is -2.99. The van der Waals surface area contributed by atoms with Crippen LogP contribution in [0.5, 0.6) is 17.2 Å². The average molecular weight is 382 g/mol.